The van der Waals surface area contributed by atoms with Gasteiger partial charge >= 0.3 is 5.97 Å². The minimum Gasteiger partial charge on any atom is -0.469 e. The third-order valence-electron chi connectivity index (χ3n) is 3.66. The van der Waals surface area contributed by atoms with Crippen LogP contribution in [0.1, 0.15) is 30.9 Å². The Hall–Kier alpha value is -2.24. The van der Waals surface area contributed by atoms with Gasteiger partial charge in [0, 0.05) is 5.92 Å². The molecule has 1 aliphatic heterocycles. The smallest absolute Gasteiger partial charge is 0.307 e. The number of esters is 1. The highest BCUT2D eigenvalue weighted by Crippen LogP contribution is 2.35. The van der Waals surface area contributed by atoms with E-state index < -0.39 is 6.04 Å². The molecule has 1 saturated carbocycles. The number of ether oxygens (including phenoxy) is 3. The summed E-state index contributed by atoms with van der Waals surface area (Å²) in [6.07, 6.45) is 1.92. The molecule has 21 heavy (non-hydrogen) atoms. The van der Waals surface area contributed by atoms with Gasteiger partial charge in [-0.15, -0.1) is 0 Å². The lowest BCUT2D eigenvalue weighted by atomic mass is 10.0. The molecule has 3 rings (SSSR count). The SMILES string of the molecule is COC(=O)C[C@@H](NC(=O)C1CC1)c1ccc2c(c1)OCO2. The van der Waals surface area contributed by atoms with Crippen molar-refractivity contribution in [2.45, 2.75) is 25.3 Å². The standard InChI is InChI=1S/C15H17NO5/c1-19-14(17)7-11(16-15(18)9-2-3-9)10-4-5-12-13(6-10)21-8-20-12/h4-6,9,11H,2-3,7-8H2,1H3,(H,16,18)/t11-/m1/s1. The molecular formula is C15H17NO5. The van der Waals surface area contributed by atoms with E-state index in [1.807, 2.05) is 6.07 Å². The average molecular weight is 291 g/mol. The topological polar surface area (TPSA) is 73.9 Å². The summed E-state index contributed by atoms with van der Waals surface area (Å²) in [6.45, 7) is 0.189. The zero-order valence-electron chi connectivity index (χ0n) is 11.8. The van der Waals surface area contributed by atoms with Crippen LogP contribution in [0.3, 0.4) is 0 Å². The molecule has 1 aromatic carbocycles. The number of hydrogen-bond acceptors (Lipinski definition) is 5. The van der Waals surface area contributed by atoms with Crippen molar-refractivity contribution in [3.05, 3.63) is 23.8 Å². The molecule has 0 bridgehead atoms. The number of carbonyl (C=O) groups excluding carboxylic acids is 2. The van der Waals surface area contributed by atoms with Crippen LogP contribution in [0, 0.1) is 5.92 Å². The van der Waals surface area contributed by atoms with Crippen molar-refractivity contribution < 1.29 is 23.8 Å². The third-order valence-corrected chi connectivity index (χ3v) is 3.66. The first kappa shape index (κ1) is 13.7. The van der Waals surface area contributed by atoms with E-state index in [-0.39, 0.29) is 31.0 Å². The minimum absolute atomic E-state index is 0.0124. The Balaban J connectivity index is 1.79. The second-order valence-corrected chi connectivity index (χ2v) is 5.23. The first-order chi connectivity index (χ1) is 10.2. The molecule has 6 heteroatoms. The molecule has 6 nitrogen and oxygen atoms in total. The van der Waals surface area contributed by atoms with Crippen LogP contribution < -0.4 is 14.8 Å². The van der Waals surface area contributed by atoms with Crippen molar-refractivity contribution >= 4 is 11.9 Å². The number of hydrogen-bond donors (Lipinski definition) is 1. The summed E-state index contributed by atoms with van der Waals surface area (Å²) in [5.74, 6) is 1.00. The monoisotopic (exact) mass is 291 g/mol. The maximum absolute atomic E-state index is 12.0. The number of nitrogens with one attached hydrogen (secondary N) is 1. The highest BCUT2D eigenvalue weighted by atomic mass is 16.7. The molecule has 0 radical (unpaired) electrons. The quantitative estimate of drug-likeness (QED) is 0.833. The van der Waals surface area contributed by atoms with E-state index in [0.29, 0.717) is 11.5 Å². The van der Waals surface area contributed by atoms with E-state index in [1.54, 1.807) is 12.1 Å². The van der Waals surface area contributed by atoms with Crippen molar-refractivity contribution in [2.24, 2.45) is 5.92 Å². The van der Waals surface area contributed by atoms with Crippen molar-refractivity contribution in [1.82, 2.24) is 5.32 Å². The molecule has 1 atom stereocenters. The van der Waals surface area contributed by atoms with Gasteiger partial charge in [0.05, 0.1) is 19.6 Å². The average Bonchev–Trinajstić information content (AvgIpc) is 3.24. The Labute approximate surface area is 122 Å². The van der Waals surface area contributed by atoms with E-state index in [9.17, 15) is 9.59 Å². The Morgan fingerprint density at radius 1 is 1.33 bits per heavy atom. The predicted octanol–water partition coefficient (Wildman–Crippen LogP) is 1.55. The van der Waals surface area contributed by atoms with Gasteiger partial charge in [0.2, 0.25) is 12.7 Å². The summed E-state index contributed by atoms with van der Waals surface area (Å²) in [7, 11) is 1.34. The lowest BCUT2D eigenvalue weighted by Gasteiger charge is -2.18. The summed E-state index contributed by atoms with van der Waals surface area (Å²) in [5.41, 5.74) is 0.804. The summed E-state index contributed by atoms with van der Waals surface area (Å²) in [6, 6.07) is 4.99. The fourth-order valence-corrected chi connectivity index (χ4v) is 2.27. The van der Waals surface area contributed by atoms with Gasteiger partial charge in [-0.25, -0.2) is 0 Å². The molecule has 1 amide bonds. The highest BCUT2D eigenvalue weighted by molar-refractivity contribution is 5.82. The predicted molar refractivity (Wildman–Crippen MR) is 72.8 cm³/mol. The first-order valence-electron chi connectivity index (χ1n) is 6.94. The Kier molecular flexibility index (Phi) is 3.68. The first-order valence-corrected chi connectivity index (χ1v) is 6.94. The molecule has 0 spiro atoms. The number of benzene rings is 1. The van der Waals surface area contributed by atoms with Crippen molar-refractivity contribution in [3.63, 3.8) is 0 Å². The molecule has 0 saturated heterocycles. The summed E-state index contributed by atoms with van der Waals surface area (Å²) < 4.78 is 15.3. The van der Waals surface area contributed by atoms with E-state index in [4.69, 9.17) is 14.2 Å². The van der Waals surface area contributed by atoms with Gasteiger partial charge in [0.1, 0.15) is 0 Å². The van der Waals surface area contributed by atoms with Crippen LogP contribution in [0.15, 0.2) is 18.2 Å². The zero-order valence-corrected chi connectivity index (χ0v) is 11.8. The zero-order chi connectivity index (χ0) is 14.8. The second kappa shape index (κ2) is 5.63. The molecule has 112 valence electrons. The van der Waals surface area contributed by atoms with Crippen molar-refractivity contribution in [3.8, 4) is 11.5 Å². The molecule has 0 unspecified atom stereocenters. The number of amides is 1. The van der Waals surface area contributed by atoms with Gasteiger partial charge in [0.15, 0.2) is 11.5 Å². The molecule has 1 aliphatic carbocycles. The van der Waals surface area contributed by atoms with Crippen molar-refractivity contribution in [2.75, 3.05) is 13.9 Å². The van der Waals surface area contributed by atoms with Gasteiger partial charge in [-0.2, -0.15) is 0 Å². The molecule has 1 fully saturated rings. The maximum Gasteiger partial charge on any atom is 0.307 e. The summed E-state index contributed by atoms with van der Waals surface area (Å²) in [5, 5.41) is 2.92. The van der Waals surface area contributed by atoms with Gasteiger partial charge in [-0.1, -0.05) is 6.07 Å². The number of rotatable bonds is 5. The van der Waals surface area contributed by atoms with Crippen molar-refractivity contribution in [1.29, 1.82) is 0 Å². The molecule has 0 aromatic heterocycles. The number of methoxy groups -OCH3 is 1. The van der Waals surface area contributed by atoms with Gasteiger partial charge in [-0.05, 0) is 30.5 Å². The fourth-order valence-electron chi connectivity index (χ4n) is 2.27. The van der Waals surface area contributed by atoms with Crippen LogP contribution in [0.2, 0.25) is 0 Å². The molecular weight excluding hydrogens is 274 g/mol. The number of fused-ring (bicyclic) bond motifs is 1. The molecule has 1 N–H and O–H groups in total. The third kappa shape index (κ3) is 3.09. The van der Waals surface area contributed by atoms with E-state index in [1.165, 1.54) is 7.11 Å². The van der Waals surface area contributed by atoms with Crippen LogP contribution >= 0.6 is 0 Å². The maximum atomic E-state index is 12.0. The largest absolute Gasteiger partial charge is 0.469 e. The van der Waals surface area contributed by atoms with Gasteiger partial charge < -0.3 is 19.5 Å². The van der Waals surface area contributed by atoms with Crippen LogP contribution in [0.25, 0.3) is 0 Å². The Morgan fingerprint density at radius 2 is 2.10 bits per heavy atom. The molecule has 1 heterocycles. The summed E-state index contributed by atoms with van der Waals surface area (Å²) >= 11 is 0. The van der Waals surface area contributed by atoms with E-state index >= 15 is 0 Å². The van der Waals surface area contributed by atoms with Crippen LogP contribution in [-0.4, -0.2) is 25.8 Å². The number of carbonyl (C=O) groups is 2. The lowest BCUT2D eigenvalue weighted by molar-refractivity contribution is -0.141. The van der Waals surface area contributed by atoms with Crippen LogP contribution in [-0.2, 0) is 14.3 Å². The fraction of sp³-hybridized carbons (Fsp3) is 0.467. The Morgan fingerprint density at radius 3 is 2.81 bits per heavy atom. The van der Waals surface area contributed by atoms with Gasteiger partial charge in [-0.3, -0.25) is 9.59 Å². The van der Waals surface area contributed by atoms with E-state index in [0.717, 1.165) is 18.4 Å². The second-order valence-electron chi connectivity index (χ2n) is 5.23. The van der Waals surface area contributed by atoms with E-state index in [2.05, 4.69) is 5.32 Å². The normalized spacial score (nSPS) is 17.2. The summed E-state index contributed by atoms with van der Waals surface area (Å²) in [4.78, 5) is 23.5. The Bertz CT molecular complexity index is 567. The minimum atomic E-state index is -0.417. The van der Waals surface area contributed by atoms with Crippen LogP contribution in [0.4, 0.5) is 0 Å². The van der Waals surface area contributed by atoms with Gasteiger partial charge in [0.25, 0.3) is 0 Å². The molecule has 1 aromatic rings. The highest BCUT2D eigenvalue weighted by Gasteiger charge is 2.32. The molecule has 2 aliphatic rings. The van der Waals surface area contributed by atoms with Crippen LogP contribution in [0.5, 0.6) is 11.5 Å². The lowest BCUT2D eigenvalue weighted by Crippen LogP contribution is -2.31.